The smallest absolute Gasteiger partial charge is 0.243 e. The molecule has 118 valence electrons. The van der Waals surface area contributed by atoms with Crippen LogP contribution in [-0.2, 0) is 10.0 Å². The third kappa shape index (κ3) is 3.21. The number of hydrogen-bond acceptors (Lipinski definition) is 4. The topological polar surface area (TPSA) is 90.0 Å². The van der Waals surface area contributed by atoms with E-state index in [-0.39, 0.29) is 10.4 Å². The minimum Gasteiger partial charge on any atom is -0.325 e. The Morgan fingerprint density at radius 2 is 2.00 bits per heavy atom. The summed E-state index contributed by atoms with van der Waals surface area (Å²) in [6, 6.07) is 9.39. The van der Waals surface area contributed by atoms with Crippen LogP contribution in [-0.4, -0.2) is 30.3 Å². The number of nitrogens with two attached hydrogens (primary N) is 1. The number of nitrogens with one attached hydrogen (secondary N) is 1. The molecule has 1 saturated carbocycles. The summed E-state index contributed by atoms with van der Waals surface area (Å²) < 4.78 is 28.7. The summed E-state index contributed by atoms with van der Waals surface area (Å²) in [7, 11) is -3.54. The lowest BCUT2D eigenvalue weighted by Crippen LogP contribution is -2.48. The zero-order valence-corrected chi connectivity index (χ0v) is 13.1. The van der Waals surface area contributed by atoms with Crippen molar-refractivity contribution in [3.63, 3.8) is 0 Å². The molecular formula is C15H20N4O2S. The maximum atomic E-state index is 12.3. The minimum atomic E-state index is -3.54. The molecule has 0 unspecified atom stereocenters. The van der Waals surface area contributed by atoms with Gasteiger partial charge in [-0.3, -0.25) is 0 Å². The minimum absolute atomic E-state index is 0.163. The SMILES string of the molecule is NC1(CCNS(=O)(=O)c2cnn(-c3ccccc3)c2)CCC1. The van der Waals surface area contributed by atoms with Gasteiger partial charge in [0.25, 0.3) is 0 Å². The van der Waals surface area contributed by atoms with Crippen LogP contribution in [0.2, 0.25) is 0 Å². The molecule has 0 radical (unpaired) electrons. The molecule has 1 aromatic carbocycles. The van der Waals surface area contributed by atoms with Crippen LogP contribution in [0.25, 0.3) is 5.69 Å². The molecule has 22 heavy (non-hydrogen) atoms. The van der Waals surface area contributed by atoms with Gasteiger partial charge in [0.15, 0.2) is 0 Å². The molecule has 0 aliphatic heterocycles. The molecule has 0 bridgehead atoms. The third-order valence-electron chi connectivity index (χ3n) is 4.15. The summed E-state index contributed by atoms with van der Waals surface area (Å²) in [5.74, 6) is 0. The molecular weight excluding hydrogens is 300 g/mol. The van der Waals surface area contributed by atoms with Gasteiger partial charge >= 0.3 is 0 Å². The second-order valence-electron chi connectivity index (χ2n) is 5.82. The molecule has 1 heterocycles. The lowest BCUT2D eigenvalue weighted by molar-refractivity contribution is 0.233. The van der Waals surface area contributed by atoms with Crippen LogP contribution in [0, 0.1) is 0 Å². The molecule has 1 aliphatic carbocycles. The van der Waals surface area contributed by atoms with Gasteiger partial charge in [0.05, 0.1) is 18.1 Å². The first kappa shape index (κ1) is 15.2. The van der Waals surface area contributed by atoms with Gasteiger partial charge in [-0.2, -0.15) is 5.10 Å². The van der Waals surface area contributed by atoms with Gasteiger partial charge in [-0.25, -0.2) is 17.8 Å². The third-order valence-corrected chi connectivity index (χ3v) is 5.57. The lowest BCUT2D eigenvalue weighted by atomic mass is 9.75. The van der Waals surface area contributed by atoms with E-state index in [0.717, 1.165) is 24.9 Å². The van der Waals surface area contributed by atoms with Crippen molar-refractivity contribution in [2.75, 3.05) is 6.54 Å². The molecule has 6 nitrogen and oxygen atoms in total. The van der Waals surface area contributed by atoms with E-state index in [2.05, 4.69) is 9.82 Å². The predicted molar refractivity (Wildman–Crippen MR) is 84.1 cm³/mol. The van der Waals surface area contributed by atoms with Gasteiger partial charge in [-0.1, -0.05) is 18.2 Å². The van der Waals surface area contributed by atoms with Crippen LogP contribution >= 0.6 is 0 Å². The van der Waals surface area contributed by atoms with Crippen LogP contribution in [0.3, 0.4) is 0 Å². The molecule has 2 aromatic rings. The van der Waals surface area contributed by atoms with Crippen molar-refractivity contribution in [1.29, 1.82) is 0 Å². The Bertz CT molecular complexity index is 736. The van der Waals surface area contributed by atoms with Crippen molar-refractivity contribution in [3.05, 3.63) is 42.7 Å². The van der Waals surface area contributed by atoms with Crippen LogP contribution < -0.4 is 10.5 Å². The zero-order valence-electron chi connectivity index (χ0n) is 12.3. The van der Waals surface area contributed by atoms with Crippen molar-refractivity contribution in [2.45, 2.75) is 36.1 Å². The lowest BCUT2D eigenvalue weighted by Gasteiger charge is -2.38. The number of nitrogens with zero attached hydrogens (tertiary/aromatic N) is 2. The number of sulfonamides is 1. The highest BCUT2D eigenvalue weighted by Gasteiger charge is 2.32. The molecule has 7 heteroatoms. The summed E-state index contributed by atoms with van der Waals surface area (Å²) >= 11 is 0. The number of hydrogen-bond donors (Lipinski definition) is 2. The number of rotatable bonds is 6. The standard InChI is InChI=1S/C15H20N4O2S/c16-15(7-4-8-15)9-10-18-22(20,21)14-11-17-19(12-14)13-5-2-1-3-6-13/h1-3,5-6,11-12,18H,4,7-10,16H2. The van der Waals surface area contributed by atoms with Gasteiger partial charge < -0.3 is 5.73 Å². The summed E-state index contributed by atoms with van der Waals surface area (Å²) in [6.07, 6.45) is 6.61. The Kier molecular flexibility index (Phi) is 4.03. The molecule has 1 fully saturated rings. The first-order valence-corrected chi connectivity index (χ1v) is 8.86. The zero-order chi connectivity index (χ0) is 15.6. The quantitative estimate of drug-likeness (QED) is 0.842. The van der Waals surface area contributed by atoms with Crippen LogP contribution in [0.1, 0.15) is 25.7 Å². The van der Waals surface area contributed by atoms with E-state index in [1.54, 1.807) is 4.68 Å². The molecule has 0 amide bonds. The van der Waals surface area contributed by atoms with E-state index < -0.39 is 10.0 Å². The largest absolute Gasteiger partial charge is 0.325 e. The molecule has 3 N–H and O–H groups in total. The second kappa shape index (κ2) is 5.83. The molecule has 1 aromatic heterocycles. The van der Waals surface area contributed by atoms with Gasteiger partial charge in [0.2, 0.25) is 10.0 Å². The van der Waals surface area contributed by atoms with Crippen LogP contribution in [0.5, 0.6) is 0 Å². The van der Waals surface area contributed by atoms with Crippen molar-refractivity contribution in [1.82, 2.24) is 14.5 Å². The fourth-order valence-electron chi connectivity index (χ4n) is 2.57. The molecule has 0 spiro atoms. The van der Waals surface area contributed by atoms with Gasteiger partial charge in [0, 0.05) is 12.1 Å². The van der Waals surface area contributed by atoms with E-state index in [1.165, 1.54) is 12.4 Å². The fourth-order valence-corrected chi connectivity index (χ4v) is 3.53. The van der Waals surface area contributed by atoms with Crippen molar-refractivity contribution in [3.8, 4) is 5.69 Å². The number of aromatic nitrogens is 2. The molecule has 1 aliphatic rings. The second-order valence-corrected chi connectivity index (χ2v) is 7.59. The Balaban J connectivity index is 1.66. The van der Waals surface area contributed by atoms with Crippen molar-refractivity contribution in [2.24, 2.45) is 5.73 Å². The summed E-state index contributed by atoms with van der Waals surface area (Å²) in [5, 5.41) is 4.11. The average molecular weight is 320 g/mol. The van der Waals surface area contributed by atoms with E-state index in [9.17, 15) is 8.42 Å². The molecule has 3 rings (SSSR count). The maximum Gasteiger partial charge on any atom is 0.243 e. The van der Waals surface area contributed by atoms with Crippen LogP contribution in [0.4, 0.5) is 0 Å². The Morgan fingerprint density at radius 1 is 1.27 bits per heavy atom. The Hall–Kier alpha value is -1.70. The van der Waals surface area contributed by atoms with E-state index in [0.29, 0.717) is 13.0 Å². The van der Waals surface area contributed by atoms with E-state index >= 15 is 0 Å². The summed E-state index contributed by atoms with van der Waals surface area (Å²) in [4.78, 5) is 0.163. The number of benzene rings is 1. The highest BCUT2D eigenvalue weighted by molar-refractivity contribution is 7.89. The summed E-state index contributed by atoms with van der Waals surface area (Å²) in [5.41, 5.74) is 6.73. The normalized spacial score (nSPS) is 17.1. The van der Waals surface area contributed by atoms with Crippen molar-refractivity contribution >= 4 is 10.0 Å². The highest BCUT2D eigenvalue weighted by atomic mass is 32.2. The van der Waals surface area contributed by atoms with Gasteiger partial charge in [-0.15, -0.1) is 0 Å². The number of para-hydroxylation sites is 1. The van der Waals surface area contributed by atoms with Crippen LogP contribution in [0.15, 0.2) is 47.6 Å². The average Bonchev–Trinajstić information content (AvgIpc) is 2.97. The van der Waals surface area contributed by atoms with E-state index in [1.807, 2.05) is 30.3 Å². The predicted octanol–water partition coefficient (Wildman–Crippen LogP) is 1.42. The van der Waals surface area contributed by atoms with Crippen molar-refractivity contribution < 1.29 is 8.42 Å². The van der Waals surface area contributed by atoms with E-state index in [4.69, 9.17) is 5.73 Å². The first-order chi connectivity index (χ1) is 10.5. The van der Waals surface area contributed by atoms with Gasteiger partial charge in [0.1, 0.15) is 4.90 Å². The first-order valence-electron chi connectivity index (χ1n) is 7.37. The Labute approximate surface area is 130 Å². The fraction of sp³-hybridized carbons (Fsp3) is 0.400. The van der Waals surface area contributed by atoms with Gasteiger partial charge in [-0.05, 0) is 37.8 Å². The Morgan fingerprint density at radius 3 is 2.64 bits per heavy atom. The molecule has 0 saturated heterocycles. The monoisotopic (exact) mass is 320 g/mol. The highest BCUT2D eigenvalue weighted by Crippen LogP contribution is 2.31. The molecule has 0 atom stereocenters. The maximum absolute atomic E-state index is 12.3. The summed E-state index contributed by atoms with van der Waals surface area (Å²) in [6.45, 7) is 0.356.